The Hall–Kier alpha value is -1.52. The first kappa shape index (κ1) is 21.2. The van der Waals surface area contributed by atoms with Gasteiger partial charge in [-0.2, -0.15) is 11.8 Å². The Morgan fingerprint density at radius 1 is 1.11 bits per heavy atom. The first-order chi connectivity index (χ1) is 13.5. The van der Waals surface area contributed by atoms with E-state index in [9.17, 15) is 0 Å². The molecule has 4 heteroatoms. The van der Waals surface area contributed by atoms with Gasteiger partial charge < -0.3 is 4.74 Å². The fraction of sp³-hybridized carbons (Fsp3) is 0.542. The summed E-state index contributed by atoms with van der Waals surface area (Å²) in [6, 6.07) is 8.82. The number of thioether (sulfide) groups is 1. The number of benzene rings is 1. The van der Waals surface area contributed by atoms with Crippen molar-refractivity contribution in [3.8, 4) is 17.0 Å². The van der Waals surface area contributed by atoms with E-state index in [1.165, 1.54) is 33.8 Å². The zero-order valence-electron chi connectivity index (χ0n) is 18.0. The molecule has 0 aliphatic carbocycles. The van der Waals surface area contributed by atoms with Crippen LogP contribution in [0.15, 0.2) is 24.3 Å². The first-order valence-electron chi connectivity index (χ1n) is 10.6. The zero-order chi connectivity index (χ0) is 20.1. The second-order valence-electron chi connectivity index (χ2n) is 7.78. The fourth-order valence-electron chi connectivity index (χ4n) is 3.90. The van der Waals surface area contributed by atoms with E-state index >= 15 is 0 Å². The van der Waals surface area contributed by atoms with Crippen LogP contribution < -0.4 is 4.74 Å². The summed E-state index contributed by atoms with van der Waals surface area (Å²) in [5.74, 6) is 3.44. The summed E-state index contributed by atoms with van der Waals surface area (Å²) in [5, 5.41) is 0. The molecule has 2 aromatic rings. The molecule has 2 heterocycles. The predicted octanol–water partition coefficient (Wildman–Crippen LogP) is 5.52. The topological polar surface area (TPSA) is 25.4 Å². The Labute approximate surface area is 174 Å². The average molecular weight is 399 g/mol. The SMILES string of the molecule is CCc1cccc(CC)c1-c1cc(OC(C)C)c(CN2CCSCC2)c(C)n1. The molecule has 0 radical (unpaired) electrons. The third kappa shape index (κ3) is 4.90. The molecule has 1 aromatic heterocycles. The lowest BCUT2D eigenvalue weighted by molar-refractivity contribution is 0.230. The van der Waals surface area contributed by atoms with Crippen molar-refractivity contribution in [1.82, 2.24) is 9.88 Å². The van der Waals surface area contributed by atoms with Crippen LogP contribution in [0, 0.1) is 6.92 Å². The summed E-state index contributed by atoms with van der Waals surface area (Å²) in [5.41, 5.74) is 7.42. The number of rotatable bonds is 7. The Bertz CT molecular complexity index is 775. The van der Waals surface area contributed by atoms with Crippen LogP contribution in [0.5, 0.6) is 5.75 Å². The van der Waals surface area contributed by atoms with E-state index < -0.39 is 0 Å². The molecule has 0 bridgehead atoms. The molecule has 0 unspecified atom stereocenters. The number of aryl methyl sites for hydroxylation is 3. The third-order valence-corrected chi connectivity index (χ3v) is 6.34. The summed E-state index contributed by atoms with van der Waals surface area (Å²) < 4.78 is 6.31. The fourth-order valence-corrected chi connectivity index (χ4v) is 4.88. The van der Waals surface area contributed by atoms with Gasteiger partial charge in [-0.3, -0.25) is 9.88 Å². The molecule has 1 aromatic carbocycles. The molecule has 1 aliphatic heterocycles. The molecule has 0 N–H and O–H groups in total. The van der Waals surface area contributed by atoms with E-state index in [0.29, 0.717) is 0 Å². The number of nitrogens with zero attached hydrogens (tertiary/aromatic N) is 2. The van der Waals surface area contributed by atoms with Crippen molar-refractivity contribution in [2.75, 3.05) is 24.6 Å². The van der Waals surface area contributed by atoms with Crippen molar-refractivity contribution in [3.63, 3.8) is 0 Å². The molecule has 0 saturated carbocycles. The van der Waals surface area contributed by atoms with Gasteiger partial charge in [-0.05, 0) is 44.7 Å². The van der Waals surface area contributed by atoms with Crippen LogP contribution >= 0.6 is 11.8 Å². The molecule has 152 valence electrons. The monoisotopic (exact) mass is 398 g/mol. The van der Waals surface area contributed by atoms with Crippen molar-refractivity contribution < 1.29 is 4.74 Å². The summed E-state index contributed by atoms with van der Waals surface area (Å²) in [6.07, 6.45) is 2.17. The van der Waals surface area contributed by atoms with Crippen molar-refractivity contribution in [1.29, 1.82) is 0 Å². The second kappa shape index (κ2) is 9.80. The van der Waals surface area contributed by atoms with Crippen LogP contribution in [0.3, 0.4) is 0 Å². The van der Waals surface area contributed by atoms with Crippen molar-refractivity contribution in [2.24, 2.45) is 0 Å². The summed E-state index contributed by atoms with van der Waals surface area (Å²) in [6.45, 7) is 14.0. The van der Waals surface area contributed by atoms with Gasteiger partial charge in [0.2, 0.25) is 0 Å². The average Bonchev–Trinajstić information content (AvgIpc) is 2.70. The third-order valence-electron chi connectivity index (χ3n) is 5.39. The maximum absolute atomic E-state index is 6.31. The number of hydrogen-bond donors (Lipinski definition) is 0. The lowest BCUT2D eigenvalue weighted by Crippen LogP contribution is -2.32. The van der Waals surface area contributed by atoms with Crippen molar-refractivity contribution in [3.05, 3.63) is 46.6 Å². The largest absolute Gasteiger partial charge is 0.491 e. The van der Waals surface area contributed by atoms with Crippen LogP contribution in [-0.4, -0.2) is 40.6 Å². The van der Waals surface area contributed by atoms with Crippen LogP contribution in [-0.2, 0) is 19.4 Å². The van der Waals surface area contributed by atoms with Crippen molar-refractivity contribution in [2.45, 2.75) is 60.1 Å². The Balaban J connectivity index is 2.06. The number of hydrogen-bond acceptors (Lipinski definition) is 4. The predicted molar refractivity (Wildman–Crippen MR) is 122 cm³/mol. The van der Waals surface area contributed by atoms with Crippen LogP contribution in [0.25, 0.3) is 11.3 Å². The summed E-state index contributed by atoms with van der Waals surface area (Å²) in [7, 11) is 0. The first-order valence-corrected chi connectivity index (χ1v) is 11.8. The van der Waals surface area contributed by atoms with E-state index in [-0.39, 0.29) is 6.10 Å². The van der Waals surface area contributed by atoms with E-state index in [0.717, 1.165) is 49.6 Å². The molecular weight excluding hydrogens is 364 g/mol. The zero-order valence-corrected chi connectivity index (χ0v) is 18.9. The lowest BCUT2D eigenvalue weighted by Gasteiger charge is -2.28. The highest BCUT2D eigenvalue weighted by Gasteiger charge is 2.20. The van der Waals surface area contributed by atoms with E-state index in [2.05, 4.69) is 63.8 Å². The molecule has 1 saturated heterocycles. The van der Waals surface area contributed by atoms with Crippen molar-refractivity contribution >= 4 is 11.8 Å². The van der Waals surface area contributed by atoms with Crippen LogP contribution in [0.1, 0.15) is 50.1 Å². The highest BCUT2D eigenvalue weighted by atomic mass is 32.2. The Kier molecular flexibility index (Phi) is 7.42. The molecule has 28 heavy (non-hydrogen) atoms. The summed E-state index contributed by atoms with van der Waals surface area (Å²) >= 11 is 2.05. The molecule has 1 fully saturated rings. The molecular formula is C24H34N2OS. The van der Waals surface area contributed by atoms with Crippen LogP contribution in [0.4, 0.5) is 0 Å². The molecule has 1 aliphatic rings. The molecule has 0 amide bonds. The van der Waals surface area contributed by atoms with Gasteiger partial charge in [0, 0.05) is 54.0 Å². The van der Waals surface area contributed by atoms with Gasteiger partial charge in [0.15, 0.2) is 0 Å². The van der Waals surface area contributed by atoms with E-state index in [1.54, 1.807) is 0 Å². The lowest BCUT2D eigenvalue weighted by atomic mass is 9.94. The van der Waals surface area contributed by atoms with Gasteiger partial charge in [0.25, 0.3) is 0 Å². The maximum Gasteiger partial charge on any atom is 0.128 e. The Morgan fingerprint density at radius 2 is 1.75 bits per heavy atom. The number of ether oxygens (including phenoxy) is 1. The molecule has 0 spiro atoms. The summed E-state index contributed by atoms with van der Waals surface area (Å²) in [4.78, 5) is 7.61. The quantitative estimate of drug-likeness (QED) is 0.613. The number of pyridine rings is 1. The van der Waals surface area contributed by atoms with Gasteiger partial charge in [-0.1, -0.05) is 32.0 Å². The molecule has 3 rings (SSSR count). The smallest absolute Gasteiger partial charge is 0.128 e. The van der Waals surface area contributed by atoms with Gasteiger partial charge in [0.1, 0.15) is 5.75 Å². The second-order valence-corrected chi connectivity index (χ2v) is 9.01. The molecule has 3 nitrogen and oxygen atoms in total. The normalized spacial score (nSPS) is 15.2. The molecule has 0 atom stereocenters. The van der Waals surface area contributed by atoms with E-state index in [4.69, 9.17) is 9.72 Å². The van der Waals surface area contributed by atoms with Gasteiger partial charge in [-0.25, -0.2) is 0 Å². The minimum Gasteiger partial charge on any atom is -0.491 e. The maximum atomic E-state index is 6.31. The van der Waals surface area contributed by atoms with Gasteiger partial charge >= 0.3 is 0 Å². The van der Waals surface area contributed by atoms with Crippen LogP contribution in [0.2, 0.25) is 0 Å². The minimum absolute atomic E-state index is 0.150. The van der Waals surface area contributed by atoms with Gasteiger partial charge in [0.05, 0.1) is 11.8 Å². The standard InChI is InChI=1S/C24H34N2OS/c1-6-19-9-8-10-20(7-2)24(19)22-15-23(27-17(3)4)21(18(5)25-22)16-26-11-13-28-14-12-26/h8-10,15,17H,6-7,11-14,16H2,1-5H3. The Morgan fingerprint density at radius 3 is 2.32 bits per heavy atom. The van der Waals surface area contributed by atoms with Gasteiger partial charge in [-0.15, -0.1) is 0 Å². The highest BCUT2D eigenvalue weighted by molar-refractivity contribution is 7.99. The highest BCUT2D eigenvalue weighted by Crippen LogP contribution is 2.34. The minimum atomic E-state index is 0.150. The number of aromatic nitrogens is 1. The van der Waals surface area contributed by atoms with E-state index in [1.807, 2.05) is 11.8 Å².